The minimum absolute atomic E-state index is 0. The minimum Gasteiger partial charge on any atom is -0.496 e. The molecule has 0 aromatic heterocycles. The molecule has 0 saturated carbocycles. The van der Waals surface area contributed by atoms with Gasteiger partial charge in [-0.2, -0.15) is 0 Å². The molecule has 0 atom stereocenters. The van der Waals surface area contributed by atoms with Crippen LogP contribution in [0, 0.1) is 0 Å². The summed E-state index contributed by atoms with van der Waals surface area (Å²) < 4.78 is 6.11. The first-order valence-corrected chi connectivity index (χ1v) is 5.76. The molecule has 1 aromatic carbocycles. The van der Waals surface area contributed by atoms with Crippen LogP contribution in [0.25, 0.3) is 0 Å². The van der Waals surface area contributed by atoms with Crippen LogP contribution in [0.2, 0.25) is 0 Å². The third kappa shape index (κ3) is 5.39. The molecule has 1 rings (SSSR count). The number of rotatable bonds is 5. The number of hydrogen-bond donors (Lipinski definition) is 2. The molecule has 17 heavy (non-hydrogen) atoms. The summed E-state index contributed by atoms with van der Waals surface area (Å²) in [6, 6.07) is 5.58. The lowest BCUT2D eigenvalue weighted by Crippen LogP contribution is -2.30. The highest BCUT2D eigenvalue weighted by atomic mass is 79.9. The van der Waals surface area contributed by atoms with Crippen molar-refractivity contribution in [2.75, 3.05) is 20.2 Å². The Balaban J connectivity index is 0.00000256. The van der Waals surface area contributed by atoms with E-state index in [-0.39, 0.29) is 18.3 Å². The Hall–Kier alpha value is -0.780. The van der Waals surface area contributed by atoms with Crippen molar-refractivity contribution in [2.24, 2.45) is 5.73 Å². The molecule has 0 aliphatic carbocycles. The van der Waals surface area contributed by atoms with Crippen LogP contribution in [0.3, 0.4) is 0 Å². The summed E-state index contributed by atoms with van der Waals surface area (Å²) in [5.41, 5.74) is 6.16. The molecule has 0 unspecified atom stereocenters. The molecule has 0 spiro atoms. The maximum absolute atomic E-state index is 11.5. The molecule has 0 radical (unpaired) electrons. The predicted molar refractivity (Wildman–Crippen MR) is 73.7 cm³/mol. The fraction of sp³-hybridized carbons (Fsp3) is 0.364. The van der Waals surface area contributed by atoms with Gasteiger partial charge < -0.3 is 15.8 Å². The zero-order chi connectivity index (χ0) is 12.0. The van der Waals surface area contributed by atoms with E-state index in [1.807, 2.05) is 18.2 Å². The Bertz CT molecular complexity index is 374. The second kappa shape index (κ2) is 8.33. The summed E-state index contributed by atoms with van der Waals surface area (Å²) in [6.45, 7) is 0.941. The van der Waals surface area contributed by atoms with E-state index in [1.54, 1.807) is 7.11 Å². The third-order valence-electron chi connectivity index (χ3n) is 2.06. The van der Waals surface area contributed by atoms with Gasteiger partial charge in [-0.25, -0.2) is 0 Å². The number of ether oxygens (including phenoxy) is 1. The van der Waals surface area contributed by atoms with E-state index in [1.165, 1.54) is 0 Å². The number of carbonyl (C=O) groups is 1. The largest absolute Gasteiger partial charge is 0.496 e. The summed E-state index contributed by atoms with van der Waals surface area (Å²) in [6.07, 6.45) is 0.294. The quantitative estimate of drug-likeness (QED) is 0.863. The average Bonchev–Trinajstić information content (AvgIpc) is 2.27. The van der Waals surface area contributed by atoms with Gasteiger partial charge in [0.05, 0.1) is 13.5 Å². The highest BCUT2D eigenvalue weighted by Gasteiger charge is 2.08. The van der Waals surface area contributed by atoms with Gasteiger partial charge in [0.15, 0.2) is 0 Å². The van der Waals surface area contributed by atoms with E-state index in [0.717, 1.165) is 10.0 Å². The van der Waals surface area contributed by atoms with Crippen LogP contribution in [0.5, 0.6) is 5.75 Å². The number of carbonyl (C=O) groups excluding carboxylic acids is 1. The van der Waals surface area contributed by atoms with Crippen molar-refractivity contribution in [3.05, 3.63) is 28.2 Å². The number of hydrogen-bond acceptors (Lipinski definition) is 3. The molecule has 0 fully saturated rings. The van der Waals surface area contributed by atoms with Gasteiger partial charge in [0.25, 0.3) is 0 Å². The number of nitrogens with one attached hydrogen (secondary N) is 1. The van der Waals surface area contributed by atoms with E-state index in [4.69, 9.17) is 10.5 Å². The van der Waals surface area contributed by atoms with Gasteiger partial charge in [-0.3, -0.25) is 4.79 Å². The average molecular weight is 324 g/mol. The smallest absolute Gasteiger partial charge is 0.224 e. The SMILES string of the molecule is COc1ccc(Br)cc1CC(=O)NCCN.Cl. The van der Waals surface area contributed by atoms with Crippen LogP contribution in [0.15, 0.2) is 22.7 Å². The van der Waals surface area contributed by atoms with E-state index in [9.17, 15) is 4.79 Å². The maximum atomic E-state index is 11.5. The monoisotopic (exact) mass is 322 g/mol. The number of amides is 1. The fourth-order valence-electron chi connectivity index (χ4n) is 1.33. The lowest BCUT2D eigenvalue weighted by atomic mass is 10.1. The van der Waals surface area contributed by atoms with E-state index in [0.29, 0.717) is 25.3 Å². The van der Waals surface area contributed by atoms with Crippen molar-refractivity contribution in [1.82, 2.24) is 5.32 Å². The Morgan fingerprint density at radius 2 is 2.24 bits per heavy atom. The third-order valence-corrected chi connectivity index (χ3v) is 2.55. The molecule has 96 valence electrons. The summed E-state index contributed by atoms with van der Waals surface area (Å²) in [4.78, 5) is 11.5. The van der Waals surface area contributed by atoms with Gasteiger partial charge in [0.1, 0.15) is 5.75 Å². The molecular weight excluding hydrogens is 307 g/mol. The summed E-state index contributed by atoms with van der Waals surface area (Å²) >= 11 is 3.36. The van der Waals surface area contributed by atoms with Gasteiger partial charge in [-0.1, -0.05) is 15.9 Å². The standard InChI is InChI=1S/C11H15BrN2O2.ClH/c1-16-10-3-2-9(12)6-8(10)7-11(15)14-5-4-13;/h2-3,6H,4-5,7,13H2,1H3,(H,14,15);1H. The lowest BCUT2D eigenvalue weighted by molar-refractivity contribution is -0.120. The highest BCUT2D eigenvalue weighted by Crippen LogP contribution is 2.23. The molecule has 4 nitrogen and oxygen atoms in total. The molecule has 0 heterocycles. The Morgan fingerprint density at radius 1 is 1.53 bits per heavy atom. The van der Waals surface area contributed by atoms with E-state index in [2.05, 4.69) is 21.2 Å². The summed E-state index contributed by atoms with van der Waals surface area (Å²) in [5, 5.41) is 2.72. The van der Waals surface area contributed by atoms with Crippen molar-refractivity contribution in [3.8, 4) is 5.75 Å². The molecule has 0 bridgehead atoms. The van der Waals surface area contributed by atoms with Crippen LogP contribution in [0.1, 0.15) is 5.56 Å². The molecule has 1 aromatic rings. The summed E-state index contributed by atoms with van der Waals surface area (Å²) in [5.74, 6) is 0.660. The Labute approximate surface area is 115 Å². The molecule has 0 aliphatic heterocycles. The van der Waals surface area contributed by atoms with Crippen LogP contribution < -0.4 is 15.8 Å². The first-order valence-electron chi connectivity index (χ1n) is 4.96. The van der Waals surface area contributed by atoms with Crippen molar-refractivity contribution in [2.45, 2.75) is 6.42 Å². The van der Waals surface area contributed by atoms with E-state index < -0.39 is 0 Å². The van der Waals surface area contributed by atoms with Gasteiger partial charge in [0.2, 0.25) is 5.91 Å². The number of halogens is 2. The normalized spacial score (nSPS) is 9.35. The van der Waals surface area contributed by atoms with Gasteiger partial charge >= 0.3 is 0 Å². The highest BCUT2D eigenvalue weighted by molar-refractivity contribution is 9.10. The Kier molecular flexibility index (Phi) is 7.95. The Morgan fingerprint density at radius 3 is 2.82 bits per heavy atom. The second-order valence-corrected chi connectivity index (χ2v) is 4.19. The molecular formula is C11H16BrClN2O2. The molecule has 1 amide bonds. The van der Waals surface area contributed by atoms with Crippen LogP contribution in [-0.2, 0) is 11.2 Å². The number of benzene rings is 1. The second-order valence-electron chi connectivity index (χ2n) is 3.27. The van der Waals surface area contributed by atoms with Crippen molar-refractivity contribution < 1.29 is 9.53 Å². The fourth-order valence-corrected chi connectivity index (χ4v) is 1.74. The molecule has 0 aliphatic rings. The predicted octanol–water partition coefficient (Wildman–Crippen LogP) is 1.50. The first-order chi connectivity index (χ1) is 7.67. The maximum Gasteiger partial charge on any atom is 0.224 e. The number of methoxy groups -OCH3 is 1. The van der Waals surface area contributed by atoms with Gasteiger partial charge in [-0.05, 0) is 18.2 Å². The summed E-state index contributed by atoms with van der Waals surface area (Å²) in [7, 11) is 1.59. The topological polar surface area (TPSA) is 64.3 Å². The zero-order valence-corrected chi connectivity index (χ0v) is 11.9. The van der Waals surface area contributed by atoms with Crippen molar-refractivity contribution in [1.29, 1.82) is 0 Å². The first kappa shape index (κ1) is 16.2. The van der Waals surface area contributed by atoms with Gasteiger partial charge in [-0.15, -0.1) is 12.4 Å². The minimum atomic E-state index is -0.0538. The van der Waals surface area contributed by atoms with Gasteiger partial charge in [0, 0.05) is 23.1 Å². The molecule has 6 heteroatoms. The zero-order valence-electron chi connectivity index (χ0n) is 9.53. The lowest BCUT2D eigenvalue weighted by Gasteiger charge is -2.09. The molecule has 0 saturated heterocycles. The van der Waals surface area contributed by atoms with Crippen LogP contribution in [0.4, 0.5) is 0 Å². The van der Waals surface area contributed by atoms with E-state index >= 15 is 0 Å². The van der Waals surface area contributed by atoms with Crippen molar-refractivity contribution in [3.63, 3.8) is 0 Å². The van der Waals surface area contributed by atoms with Crippen LogP contribution >= 0.6 is 28.3 Å². The number of nitrogens with two attached hydrogens (primary N) is 1. The van der Waals surface area contributed by atoms with Crippen molar-refractivity contribution >= 4 is 34.2 Å². The molecule has 3 N–H and O–H groups in total. The van der Waals surface area contributed by atoms with Crippen LogP contribution in [-0.4, -0.2) is 26.1 Å².